The average Bonchev–Trinajstić information content (AvgIpc) is 1.69. The van der Waals surface area contributed by atoms with Gasteiger partial charge in [-0.1, -0.05) is 0 Å². The molecule has 0 saturated carbocycles. The highest BCUT2D eigenvalue weighted by Gasteiger charge is 1.70. The Morgan fingerprint density at radius 1 is 1.62 bits per heavy atom. The maximum absolute atomic E-state index is 4.58. The van der Waals surface area contributed by atoms with Gasteiger partial charge in [0.05, 0.1) is 7.11 Å². The molecule has 0 aliphatic heterocycles. The van der Waals surface area contributed by atoms with Gasteiger partial charge in [0.2, 0.25) is 0 Å². The van der Waals surface area contributed by atoms with Crippen LogP contribution >= 0.6 is 18.4 Å². The van der Waals surface area contributed by atoms with Gasteiger partial charge >= 0.3 is 0 Å². The molecule has 0 aromatic rings. The lowest BCUT2D eigenvalue weighted by atomic mass is 11.2. The molecule has 0 aromatic heterocycles. The second kappa shape index (κ2) is 10.4. The lowest BCUT2D eigenvalue weighted by Gasteiger charge is -2.01. The van der Waals surface area contributed by atoms with E-state index in [0.29, 0.717) is 0 Å². The Morgan fingerprint density at radius 3 is 1.75 bits per heavy atom. The van der Waals surface area contributed by atoms with Crippen molar-refractivity contribution in [2.24, 2.45) is 4.52 Å². The minimum atomic E-state index is 1.62. The molecule has 3 nitrogen and oxygen atoms in total. The minimum Gasteiger partial charge on any atom is -0.303 e. The largest absolute Gasteiger partial charge is 0.303 e. The van der Waals surface area contributed by atoms with Gasteiger partial charge in [-0.05, 0) is 18.4 Å². The standard InChI is InChI=1S/C3H9NO.H3NP2/c1-4(2)5-3;2-1-3/h1-3H3;2H,3H2. The van der Waals surface area contributed by atoms with E-state index in [1.54, 1.807) is 12.2 Å². The summed E-state index contributed by atoms with van der Waals surface area (Å²) in [5.74, 6) is 0. The number of nitrogens with zero attached hydrogens (tertiary/aromatic N) is 2. The first-order valence-corrected chi connectivity index (χ1v) is 2.93. The van der Waals surface area contributed by atoms with Gasteiger partial charge < -0.3 is 4.84 Å². The molecule has 1 unspecified atom stereocenters. The smallest absolute Gasteiger partial charge is 0.0574 e. The number of hydrogen-bond donors (Lipinski definition) is 0. The Morgan fingerprint density at radius 2 is 1.75 bits per heavy atom. The summed E-state index contributed by atoms with van der Waals surface area (Å²) in [5, 5.41) is 1.62. The molecule has 8 heavy (non-hydrogen) atoms. The zero-order valence-corrected chi connectivity index (χ0v) is 7.53. The topological polar surface area (TPSA) is 24.8 Å². The van der Waals surface area contributed by atoms with Crippen LogP contribution < -0.4 is 0 Å². The summed E-state index contributed by atoms with van der Waals surface area (Å²) in [6.45, 7) is 0. The normalized spacial score (nSPS) is 7.62. The van der Waals surface area contributed by atoms with Crippen molar-refractivity contribution in [3.05, 3.63) is 0 Å². The molecule has 50 valence electrons. The zero-order chi connectivity index (χ0) is 6.99. The van der Waals surface area contributed by atoms with Gasteiger partial charge in [0.1, 0.15) is 0 Å². The highest BCUT2D eigenvalue weighted by Crippen LogP contribution is 1.79. The second-order valence-corrected chi connectivity index (χ2v) is 2.16. The summed E-state index contributed by atoms with van der Waals surface area (Å²) in [4.78, 5) is 4.58. The zero-order valence-electron chi connectivity index (χ0n) is 5.38. The van der Waals surface area contributed by atoms with E-state index in [4.69, 9.17) is 0 Å². The van der Waals surface area contributed by atoms with E-state index in [-0.39, 0.29) is 0 Å². The summed E-state index contributed by atoms with van der Waals surface area (Å²) >= 11 is 0. The van der Waals surface area contributed by atoms with E-state index in [2.05, 4.69) is 27.8 Å². The Hall–Kier alpha value is 0.450. The highest BCUT2D eigenvalue weighted by molar-refractivity contribution is 7.23. The summed E-state index contributed by atoms with van der Waals surface area (Å²) in [7, 11) is 10.2. The van der Waals surface area contributed by atoms with Gasteiger partial charge in [-0.15, -0.1) is 0 Å². The monoisotopic (exact) mass is 154 g/mol. The Labute approximate surface area is 54.9 Å². The fraction of sp³-hybridized carbons (Fsp3) is 1.00. The molecule has 0 aromatic carbocycles. The van der Waals surface area contributed by atoms with Gasteiger partial charge in [0.25, 0.3) is 0 Å². The molecule has 0 aliphatic rings. The van der Waals surface area contributed by atoms with Crippen molar-refractivity contribution in [2.45, 2.75) is 0 Å². The Bertz CT molecular complexity index is 50.5. The number of hydroxylamine groups is 2. The minimum absolute atomic E-state index is 1.62. The quantitative estimate of drug-likeness (QED) is 0.419. The van der Waals surface area contributed by atoms with Crippen molar-refractivity contribution in [3.63, 3.8) is 0 Å². The van der Waals surface area contributed by atoms with Crippen LogP contribution in [0.15, 0.2) is 4.52 Å². The van der Waals surface area contributed by atoms with E-state index in [0.717, 1.165) is 0 Å². The lowest BCUT2D eigenvalue weighted by molar-refractivity contribution is -0.0855. The van der Waals surface area contributed by atoms with Gasteiger partial charge in [-0.2, -0.15) is 5.06 Å². The third kappa shape index (κ3) is 31.9. The summed E-state index contributed by atoms with van der Waals surface area (Å²) in [6.07, 6.45) is 0. The fourth-order valence-corrected chi connectivity index (χ4v) is 0. The van der Waals surface area contributed by atoms with Crippen molar-refractivity contribution in [2.75, 3.05) is 21.2 Å². The molecule has 0 rings (SSSR count). The van der Waals surface area contributed by atoms with Crippen LogP contribution in [0.4, 0.5) is 0 Å². The second-order valence-electron chi connectivity index (χ2n) is 1.12. The molecule has 0 amide bonds. The average molecular weight is 154 g/mol. The molecule has 0 aliphatic carbocycles. The van der Waals surface area contributed by atoms with Crippen LogP contribution in [0.25, 0.3) is 0 Å². The van der Waals surface area contributed by atoms with Crippen molar-refractivity contribution in [3.8, 4) is 0 Å². The molecule has 0 bridgehead atoms. The maximum Gasteiger partial charge on any atom is 0.0574 e. The molecular weight excluding hydrogens is 142 g/mol. The first-order chi connectivity index (χ1) is 3.68. The van der Waals surface area contributed by atoms with E-state index in [1.807, 2.05) is 14.1 Å². The van der Waals surface area contributed by atoms with Crippen molar-refractivity contribution in [1.82, 2.24) is 5.06 Å². The molecule has 0 fully saturated rings. The van der Waals surface area contributed by atoms with E-state index in [1.165, 1.54) is 0 Å². The summed E-state index contributed by atoms with van der Waals surface area (Å²) < 4.78 is 3.22. The molecule has 1 atom stereocenters. The third-order valence-corrected chi connectivity index (χ3v) is 0.365. The first-order valence-electron chi connectivity index (χ1n) is 1.97. The van der Waals surface area contributed by atoms with E-state index in [9.17, 15) is 0 Å². The molecule has 0 spiro atoms. The van der Waals surface area contributed by atoms with Crippen LogP contribution in [0, 0.1) is 0 Å². The SMILES string of the molecule is CON(C)C.P=NP. The molecule has 0 saturated heterocycles. The van der Waals surface area contributed by atoms with Gasteiger partial charge in [-0.3, -0.25) is 4.52 Å². The van der Waals surface area contributed by atoms with Gasteiger partial charge in [0, 0.05) is 14.1 Å². The van der Waals surface area contributed by atoms with Crippen molar-refractivity contribution >= 4 is 18.4 Å². The van der Waals surface area contributed by atoms with Crippen LogP contribution in [0.2, 0.25) is 0 Å². The maximum atomic E-state index is 4.58. The predicted octanol–water partition coefficient (Wildman–Crippen LogP) is 1.21. The van der Waals surface area contributed by atoms with Crippen LogP contribution in [0.1, 0.15) is 0 Å². The predicted molar refractivity (Wildman–Crippen MR) is 41.1 cm³/mol. The molecule has 0 heterocycles. The van der Waals surface area contributed by atoms with Crippen LogP contribution in [0.5, 0.6) is 0 Å². The highest BCUT2D eigenvalue weighted by atomic mass is 31.1. The van der Waals surface area contributed by atoms with Crippen LogP contribution in [0.3, 0.4) is 0 Å². The fourth-order valence-electron chi connectivity index (χ4n) is 0. The first kappa shape index (κ1) is 11.3. The van der Waals surface area contributed by atoms with Crippen LogP contribution in [-0.4, -0.2) is 26.3 Å². The Balaban J connectivity index is 0. The van der Waals surface area contributed by atoms with Gasteiger partial charge in [0.15, 0.2) is 0 Å². The molecule has 5 heteroatoms. The summed E-state index contributed by atoms with van der Waals surface area (Å²) in [6, 6.07) is 0. The number of rotatable bonds is 1. The summed E-state index contributed by atoms with van der Waals surface area (Å²) in [5.41, 5.74) is 0. The van der Waals surface area contributed by atoms with Crippen molar-refractivity contribution in [1.29, 1.82) is 0 Å². The molecular formula is C3H12N2OP2. The van der Waals surface area contributed by atoms with Crippen molar-refractivity contribution < 1.29 is 4.84 Å². The Kier molecular flexibility index (Phi) is 14.7. The van der Waals surface area contributed by atoms with Gasteiger partial charge in [-0.25, -0.2) is 0 Å². The third-order valence-electron chi connectivity index (χ3n) is 0.365. The van der Waals surface area contributed by atoms with Crippen LogP contribution in [-0.2, 0) is 4.84 Å². The molecule has 0 radical (unpaired) electrons. The lowest BCUT2D eigenvalue weighted by Crippen LogP contribution is -2.07. The van der Waals surface area contributed by atoms with E-state index < -0.39 is 0 Å². The number of hydrogen-bond acceptors (Lipinski definition) is 3. The molecule has 0 N–H and O–H groups in total. The van der Waals surface area contributed by atoms with E-state index >= 15 is 0 Å².